The van der Waals surface area contributed by atoms with Gasteiger partial charge in [0.05, 0.1) is 11.2 Å². The molecule has 138 valence electrons. The minimum atomic E-state index is -0.0450. The number of benzene rings is 1. The molecule has 0 N–H and O–H groups in total. The normalized spacial score (nSPS) is 15.9. The topological polar surface area (TPSA) is 50.3 Å². The molecule has 1 aromatic carbocycles. The average Bonchev–Trinajstić information content (AvgIpc) is 3.12. The van der Waals surface area contributed by atoms with Gasteiger partial charge in [-0.1, -0.05) is 50.6 Å². The Bertz CT molecular complexity index is 794. The van der Waals surface area contributed by atoms with Crippen LogP contribution in [0.5, 0.6) is 0 Å². The highest BCUT2D eigenvalue weighted by Gasteiger charge is 2.29. The minimum Gasteiger partial charge on any atom is -0.338 e. The molecule has 0 unspecified atom stereocenters. The largest absolute Gasteiger partial charge is 0.338 e. The van der Waals surface area contributed by atoms with E-state index in [-0.39, 0.29) is 23.0 Å². The summed E-state index contributed by atoms with van der Waals surface area (Å²) in [7, 11) is 0. The van der Waals surface area contributed by atoms with Crippen LogP contribution >= 0.6 is 11.3 Å². The summed E-state index contributed by atoms with van der Waals surface area (Å²) in [4.78, 5) is 32.4. The van der Waals surface area contributed by atoms with Gasteiger partial charge < -0.3 is 4.90 Å². The van der Waals surface area contributed by atoms with Crippen LogP contribution in [0, 0.1) is 12.8 Å². The molecule has 1 saturated heterocycles. The van der Waals surface area contributed by atoms with Crippen molar-refractivity contribution >= 4 is 23.0 Å². The smallest absolute Gasteiger partial charge is 0.265 e. The number of Topliss-reactive ketones (excluding diaryl/α,β-unsaturated/α-hetero) is 1. The van der Waals surface area contributed by atoms with Crippen LogP contribution in [0.2, 0.25) is 0 Å². The molecule has 0 radical (unpaired) electrons. The fourth-order valence-electron chi connectivity index (χ4n) is 3.17. The number of nitrogens with zero attached hydrogens (tertiary/aromatic N) is 2. The lowest BCUT2D eigenvalue weighted by Gasteiger charge is -2.31. The maximum atomic E-state index is 12.7. The molecule has 0 atom stereocenters. The summed E-state index contributed by atoms with van der Waals surface area (Å²) in [5.41, 5.74) is 1.88. The summed E-state index contributed by atoms with van der Waals surface area (Å²) in [6, 6.07) is 7.76. The average molecular weight is 371 g/mol. The Morgan fingerprint density at radius 2 is 1.73 bits per heavy atom. The number of aromatic nitrogens is 1. The van der Waals surface area contributed by atoms with Gasteiger partial charge in [-0.15, -0.1) is 11.3 Å². The second-order valence-electron chi connectivity index (χ2n) is 8.08. The zero-order valence-corrected chi connectivity index (χ0v) is 16.7. The molecule has 5 heteroatoms. The van der Waals surface area contributed by atoms with E-state index in [0.29, 0.717) is 18.0 Å². The summed E-state index contributed by atoms with van der Waals surface area (Å²) in [6.07, 6.45) is 3.14. The zero-order valence-electron chi connectivity index (χ0n) is 15.9. The molecule has 4 nitrogen and oxygen atoms in total. The van der Waals surface area contributed by atoms with Gasteiger partial charge in [-0.05, 0) is 19.8 Å². The Kier molecular flexibility index (Phi) is 5.28. The van der Waals surface area contributed by atoms with Crippen molar-refractivity contribution in [2.45, 2.75) is 46.0 Å². The number of piperidine rings is 1. The van der Waals surface area contributed by atoms with Gasteiger partial charge in [0.2, 0.25) is 0 Å². The van der Waals surface area contributed by atoms with Crippen molar-refractivity contribution in [1.29, 1.82) is 0 Å². The lowest BCUT2D eigenvalue weighted by molar-refractivity contribution is 0.0654. The molecule has 1 aromatic heterocycles. The molecule has 26 heavy (non-hydrogen) atoms. The standard InChI is InChI=1S/C21H26N2O2S/c1-14-5-7-15(8-6-14)18(24)16-9-11-23(12-10-16)19(25)17-13-22-20(26-17)21(2,3)4/h5-8,13,16H,9-12H2,1-4H3. The minimum absolute atomic E-state index is 0.00773. The van der Waals surface area contributed by atoms with Crippen molar-refractivity contribution in [3.05, 3.63) is 51.5 Å². The van der Waals surface area contributed by atoms with Gasteiger partial charge in [0.15, 0.2) is 5.78 Å². The van der Waals surface area contributed by atoms with E-state index in [2.05, 4.69) is 25.8 Å². The van der Waals surface area contributed by atoms with Crippen LogP contribution in [0.15, 0.2) is 30.5 Å². The van der Waals surface area contributed by atoms with E-state index >= 15 is 0 Å². The number of amides is 1. The Morgan fingerprint density at radius 1 is 1.12 bits per heavy atom. The number of ketones is 1. The van der Waals surface area contributed by atoms with Gasteiger partial charge in [-0.2, -0.15) is 0 Å². The van der Waals surface area contributed by atoms with Crippen molar-refractivity contribution in [2.75, 3.05) is 13.1 Å². The van der Waals surface area contributed by atoms with Crippen LogP contribution in [0.25, 0.3) is 0 Å². The van der Waals surface area contributed by atoms with Gasteiger partial charge in [0, 0.05) is 30.0 Å². The third-order valence-electron chi connectivity index (χ3n) is 4.85. The monoisotopic (exact) mass is 370 g/mol. The molecule has 0 saturated carbocycles. The van der Waals surface area contributed by atoms with Crippen LogP contribution in [0.3, 0.4) is 0 Å². The molecular formula is C21H26N2O2S. The highest BCUT2D eigenvalue weighted by molar-refractivity contribution is 7.13. The van der Waals surface area contributed by atoms with E-state index in [9.17, 15) is 9.59 Å². The van der Waals surface area contributed by atoms with Crippen molar-refractivity contribution in [3.63, 3.8) is 0 Å². The van der Waals surface area contributed by atoms with E-state index in [1.807, 2.05) is 36.1 Å². The quantitative estimate of drug-likeness (QED) is 0.748. The molecule has 3 rings (SSSR count). The maximum absolute atomic E-state index is 12.7. The molecule has 1 fully saturated rings. The highest BCUT2D eigenvalue weighted by Crippen LogP contribution is 2.29. The van der Waals surface area contributed by atoms with E-state index in [1.165, 1.54) is 11.3 Å². The molecule has 0 bridgehead atoms. The Morgan fingerprint density at radius 3 is 2.27 bits per heavy atom. The van der Waals surface area contributed by atoms with Crippen molar-refractivity contribution in [2.24, 2.45) is 5.92 Å². The molecular weight excluding hydrogens is 344 g/mol. The third-order valence-corrected chi connectivity index (χ3v) is 6.26. The first-order valence-corrected chi connectivity index (χ1v) is 9.94. The summed E-state index contributed by atoms with van der Waals surface area (Å²) in [5, 5.41) is 0.977. The lowest BCUT2D eigenvalue weighted by Crippen LogP contribution is -2.40. The van der Waals surface area contributed by atoms with Gasteiger partial charge in [0.25, 0.3) is 5.91 Å². The highest BCUT2D eigenvalue weighted by atomic mass is 32.1. The number of aryl methyl sites for hydroxylation is 1. The molecule has 1 aliphatic rings. The van der Waals surface area contributed by atoms with Gasteiger partial charge in [0.1, 0.15) is 4.88 Å². The van der Waals surface area contributed by atoms with Crippen molar-refractivity contribution in [1.82, 2.24) is 9.88 Å². The van der Waals surface area contributed by atoms with Gasteiger partial charge in [-0.3, -0.25) is 9.59 Å². The van der Waals surface area contributed by atoms with E-state index < -0.39 is 0 Å². The first-order chi connectivity index (χ1) is 12.3. The molecule has 1 amide bonds. The predicted octanol–water partition coefficient (Wildman–Crippen LogP) is 4.48. The lowest BCUT2D eigenvalue weighted by atomic mass is 9.88. The number of rotatable bonds is 3. The molecule has 0 aliphatic carbocycles. The van der Waals surface area contributed by atoms with Gasteiger partial charge in [-0.25, -0.2) is 4.98 Å². The van der Waals surface area contributed by atoms with Crippen LogP contribution in [-0.2, 0) is 5.41 Å². The van der Waals surface area contributed by atoms with Crippen LogP contribution < -0.4 is 0 Å². The molecule has 0 spiro atoms. The Labute approximate surface area is 159 Å². The molecule has 2 heterocycles. The number of hydrogen-bond donors (Lipinski definition) is 0. The van der Waals surface area contributed by atoms with E-state index in [4.69, 9.17) is 0 Å². The first kappa shape index (κ1) is 18.8. The third kappa shape index (κ3) is 4.04. The molecule has 2 aromatic rings. The van der Waals surface area contributed by atoms with Crippen LogP contribution in [0.4, 0.5) is 0 Å². The van der Waals surface area contributed by atoms with Crippen LogP contribution in [-0.4, -0.2) is 34.7 Å². The fraction of sp³-hybridized carbons (Fsp3) is 0.476. The zero-order chi connectivity index (χ0) is 18.9. The summed E-state index contributed by atoms with van der Waals surface area (Å²) >= 11 is 1.48. The first-order valence-electron chi connectivity index (χ1n) is 9.12. The van der Waals surface area contributed by atoms with Gasteiger partial charge >= 0.3 is 0 Å². The predicted molar refractivity (Wildman–Crippen MR) is 105 cm³/mol. The maximum Gasteiger partial charge on any atom is 0.265 e. The summed E-state index contributed by atoms with van der Waals surface area (Å²) in [5.74, 6) is 0.248. The summed E-state index contributed by atoms with van der Waals surface area (Å²) < 4.78 is 0. The molecule has 1 aliphatic heterocycles. The SMILES string of the molecule is Cc1ccc(C(=O)C2CCN(C(=O)c3cnc(C(C)(C)C)s3)CC2)cc1. The number of carbonyl (C=O) groups is 2. The Balaban J connectivity index is 1.61. The van der Waals surface area contributed by atoms with Crippen LogP contribution in [0.1, 0.15) is 64.2 Å². The second-order valence-corrected chi connectivity index (χ2v) is 9.11. The van der Waals surface area contributed by atoms with Crippen molar-refractivity contribution < 1.29 is 9.59 Å². The van der Waals surface area contributed by atoms with Crippen molar-refractivity contribution in [3.8, 4) is 0 Å². The number of carbonyl (C=O) groups excluding carboxylic acids is 2. The number of likely N-dealkylation sites (tertiary alicyclic amines) is 1. The van der Waals surface area contributed by atoms with E-state index in [0.717, 1.165) is 29.0 Å². The summed E-state index contributed by atoms with van der Waals surface area (Å²) in [6.45, 7) is 9.57. The van der Waals surface area contributed by atoms with E-state index in [1.54, 1.807) is 6.20 Å². The Hall–Kier alpha value is -2.01. The fourth-order valence-corrected chi connectivity index (χ4v) is 4.12. The number of hydrogen-bond acceptors (Lipinski definition) is 4. The number of thiazole rings is 1. The second kappa shape index (κ2) is 7.31.